The van der Waals surface area contributed by atoms with Crippen molar-refractivity contribution in [3.8, 4) is 0 Å². The van der Waals surface area contributed by atoms with Gasteiger partial charge in [-0.25, -0.2) is 4.79 Å². The first-order valence-corrected chi connectivity index (χ1v) is 6.10. The monoisotopic (exact) mass is 291 g/mol. The second-order valence-electron chi connectivity index (χ2n) is 4.39. The first kappa shape index (κ1) is 14.5. The van der Waals surface area contributed by atoms with Gasteiger partial charge in [-0.2, -0.15) is 0 Å². The average Bonchev–Trinajstić information content (AvgIpc) is 2.90. The molecule has 0 spiro atoms. The van der Waals surface area contributed by atoms with Crippen LogP contribution in [0.4, 0.5) is 11.4 Å². The molecule has 1 aromatic rings. The van der Waals surface area contributed by atoms with Crippen molar-refractivity contribution >= 4 is 34.9 Å². The highest BCUT2D eigenvalue weighted by atomic mass is 16.6. The number of amides is 2. The van der Waals surface area contributed by atoms with Crippen molar-refractivity contribution in [2.75, 3.05) is 10.6 Å². The largest absolute Gasteiger partial charge is 0.477 e. The highest BCUT2D eigenvalue weighted by Gasteiger charge is 2.31. The quantitative estimate of drug-likeness (QED) is 0.759. The van der Waals surface area contributed by atoms with Crippen LogP contribution in [0.15, 0.2) is 29.4 Å². The van der Waals surface area contributed by atoms with Crippen LogP contribution < -0.4 is 10.6 Å². The zero-order chi connectivity index (χ0) is 15.4. The number of hydrogen-bond donors (Lipinski definition) is 3. The van der Waals surface area contributed by atoms with Gasteiger partial charge in [0.15, 0.2) is 5.71 Å². The Hall–Kier alpha value is -2.90. The second-order valence-corrected chi connectivity index (χ2v) is 4.39. The zero-order valence-corrected chi connectivity index (χ0v) is 11.1. The van der Waals surface area contributed by atoms with Crippen molar-refractivity contribution in [3.63, 3.8) is 0 Å². The van der Waals surface area contributed by atoms with Gasteiger partial charge in [0.25, 0.3) is 5.91 Å². The first-order chi connectivity index (χ1) is 9.95. The van der Waals surface area contributed by atoms with Gasteiger partial charge in [-0.05, 0) is 24.3 Å². The van der Waals surface area contributed by atoms with Gasteiger partial charge in [0.2, 0.25) is 12.0 Å². The van der Waals surface area contributed by atoms with Crippen LogP contribution in [0, 0.1) is 0 Å². The number of rotatable bonds is 4. The van der Waals surface area contributed by atoms with Crippen LogP contribution in [0.25, 0.3) is 0 Å². The highest BCUT2D eigenvalue weighted by Crippen LogP contribution is 2.16. The molecule has 1 aliphatic heterocycles. The van der Waals surface area contributed by atoms with E-state index in [0.29, 0.717) is 11.4 Å². The molecule has 2 amide bonds. The molecule has 0 fully saturated rings. The Labute approximate surface area is 119 Å². The van der Waals surface area contributed by atoms with Gasteiger partial charge in [-0.15, -0.1) is 0 Å². The lowest BCUT2D eigenvalue weighted by atomic mass is 10.1. The van der Waals surface area contributed by atoms with Gasteiger partial charge in [-0.3, -0.25) is 9.59 Å². The molecule has 0 radical (unpaired) electrons. The summed E-state index contributed by atoms with van der Waals surface area (Å²) in [5, 5.41) is 17.2. The first-order valence-electron chi connectivity index (χ1n) is 6.10. The van der Waals surface area contributed by atoms with Crippen LogP contribution in [0.2, 0.25) is 0 Å². The summed E-state index contributed by atoms with van der Waals surface area (Å²) in [5.74, 6) is -1.88. The molecule has 0 aromatic heterocycles. The third kappa shape index (κ3) is 3.78. The normalized spacial score (nSPS) is 16.6. The number of carboxylic acids is 1. The lowest BCUT2D eigenvalue weighted by Crippen LogP contribution is -2.28. The van der Waals surface area contributed by atoms with E-state index in [2.05, 4.69) is 15.8 Å². The molecule has 8 heteroatoms. The minimum atomic E-state index is -1.20. The number of nitrogens with one attached hydrogen (secondary N) is 2. The SMILES string of the molecule is CC(=O)Nc1ccc(NC(=O)C2CC(C(=O)O)=NO2)cc1. The van der Waals surface area contributed by atoms with Crippen molar-refractivity contribution in [1.82, 2.24) is 0 Å². The number of hydrogen-bond acceptors (Lipinski definition) is 5. The maximum Gasteiger partial charge on any atom is 0.353 e. The number of carbonyl (C=O) groups excluding carboxylic acids is 2. The lowest BCUT2D eigenvalue weighted by Gasteiger charge is -2.10. The van der Waals surface area contributed by atoms with Gasteiger partial charge >= 0.3 is 5.97 Å². The van der Waals surface area contributed by atoms with E-state index in [1.807, 2.05) is 0 Å². The molecular weight excluding hydrogens is 278 g/mol. The highest BCUT2D eigenvalue weighted by molar-refractivity contribution is 6.36. The summed E-state index contributed by atoms with van der Waals surface area (Å²) >= 11 is 0. The van der Waals surface area contributed by atoms with Gasteiger partial charge in [0, 0.05) is 24.7 Å². The Morgan fingerprint density at radius 2 is 1.76 bits per heavy atom. The van der Waals surface area contributed by atoms with E-state index in [4.69, 9.17) is 9.94 Å². The standard InChI is InChI=1S/C13H13N3O5/c1-7(17)14-8-2-4-9(5-3-8)15-12(18)11-6-10(13(19)20)16-21-11/h2-5,11H,6H2,1H3,(H,14,17)(H,15,18)(H,19,20). The van der Waals surface area contributed by atoms with Crippen LogP contribution >= 0.6 is 0 Å². The molecule has 1 heterocycles. The molecule has 0 saturated heterocycles. The molecule has 1 atom stereocenters. The number of anilines is 2. The Bertz CT molecular complexity index is 609. The maximum atomic E-state index is 11.9. The Kier molecular flexibility index (Phi) is 4.17. The Balaban J connectivity index is 1.92. The number of nitrogens with zero attached hydrogens (tertiary/aromatic N) is 1. The number of benzene rings is 1. The topological polar surface area (TPSA) is 117 Å². The summed E-state index contributed by atoms with van der Waals surface area (Å²) in [7, 11) is 0. The predicted octanol–water partition coefficient (Wildman–Crippen LogP) is 0.813. The minimum absolute atomic E-state index is 0.0782. The fraction of sp³-hybridized carbons (Fsp3) is 0.231. The van der Waals surface area contributed by atoms with Crippen molar-refractivity contribution < 1.29 is 24.3 Å². The molecular formula is C13H13N3O5. The molecule has 3 N–H and O–H groups in total. The van der Waals surface area contributed by atoms with Crippen molar-refractivity contribution in [1.29, 1.82) is 0 Å². The maximum absolute atomic E-state index is 11.9. The Morgan fingerprint density at radius 1 is 1.19 bits per heavy atom. The van der Waals surface area contributed by atoms with Gasteiger partial charge in [-0.1, -0.05) is 5.16 Å². The number of oxime groups is 1. The van der Waals surface area contributed by atoms with Crippen LogP contribution in [0.1, 0.15) is 13.3 Å². The molecule has 2 rings (SSSR count). The van der Waals surface area contributed by atoms with Gasteiger partial charge < -0.3 is 20.6 Å². The third-order valence-electron chi connectivity index (χ3n) is 2.68. The van der Waals surface area contributed by atoms with Gasteiger partial charge in [0.1, 0.15) is 0 Å². The Morgan fingerprint density at radius 3 is 2.24 bits per heavy atom. The van der Waals surface area contributed by atoms with E-state index in [1.54, 1.807) is 24.3 Å². The second kappa shape index (κ2) is 6.04. The van der Waals surface area contributed by atoms with Crippen molar-refractivity contribution in [2.45, 2.75) is 19.4 Å². The van der Waals surface area contributed by atoms with E-state index in [0.717, 1.165) is 0 Å². The summed E-state index contributed by atoms with van der Waals surface area (Å²) in [6.07, 6.45) is -1.03. The molecule has 0 bridgehead atoms. The molecule has 1 unspecified atom stereocenters. The lowest BCUT2D eigenvalue weighted by molar-refractivity contribution is -0.129. The van der Waals surface area contributed by atoms with Crippen LogP contribution in [-0.2, 0) is 19.2 Å². The van der Waals surface area contributed by atoms with Crippen LogP contribution in [0.5, 0.6) is 0 Å². The smallest absolute Gasteiger partial charge is 0.353 e. The average molecular weight is 291 g/mol. The van der Waals surface area contributed by atoms with Crippen LogP contribution in [-0.4, -0.2) is 34.7 Å². The summed E-state index contributed by atoms with van der Waals surface area (Å²) in [6.45, 7) is 1.40. The van der Waals surface area contributed by atoms with E-state index < -0.39 is 18.0 Å². The van der Waals surface area contributed by atoms with E-state index in [1.165, 1.54) is 6.92 Å². The van der Waals surface area contributed by atoms with Crippen molar-refractivity contribution in [2.24, 2.45) is 5.16 Å². The number of carboxylic acid groups (broad SMARTS) is 1. The van der Waals surface area contributed by atoms with E-state index in [-0.39, 0.29) is 18.0 Å². The summed E-state index contributed by atoms with van der Waals surface area (Å²) in [6, 6.07) is 6.48. The number of aliphatic carboxylic acids is 1. The molecule has 0 aliphatic carbocycles. The molecule has 110 valence electrons. The minimum Gasteiger partial charge on any atom is -0.477 e. The molecule has 1 aromatic carbocycles. The van der Waals surface area contributed by atoms with Crippen molar-refractivity contribution in [3.05, 3.63) is 24.3 Å². The summed E-state index contributed by atoms with van der Waals surface area (Å²) in [5.41, 5.74) is 0.923. The zero-order valence-electron chi connectivity index (χ0n) is 11.1. The molecule has 1 aliphatic rings. The predicted molar refractivity (Wildman–Crippen MR) is 73.9 cm³/mol. The molecule has 8 nitrogen and oxygen atoms in total. The number of carbonyl (C=O) groups is 3. The summed E-state index contributed by atoms with van der Waals surface area (Å²) < 4.78 is 0. The fourth-order valence-corrected chi connectivity index (χ4v) is 1.71. The summed E-state index contributed by atoms with van der Waals surface area (Å²) in [4.78, 5) is 38.2. The fourth-order valence-electron chi connectivity index (χ4n) is 1.71. The van der Waals surface area contributed by atoms with Crippen LogP contribution in [0.3, 0.4) is 0 Å². The third-order valence-corrected chi connectivity index (χ3v) is 2.68. The van der Waals surface area contributed by atoms with Gasteiger partial charge in [0.05, 0.1) is 0 Å². The van der Waals surface area contributed by atoms with E-state index >= 15 is 0 Å². The molecule has 0 saturated carbocycles. The molecule has 21 heavy (non-hydrogen) atoms. The van der Waals surface area contributed by atoms with E-state index in [9.17, 15) is 14.4 Å².